The number of fused-ring (bicyclic) bond motifs is 1. The van der Waals surface area contributed by atoms with Gasteiger partial charge >= 0.3 is 0 Å². The van der Waals surface area contributed by atoms with Gasteiger partial charge in [-0.05, 0) is 23.8 Å². The second-order valence-corrected chi connectivity index (χ2v) is 8.57. The largest absolute Gasteiger partial charge is 0.340 e. The zero-order valence-corrected chi connectivity index (χ0v) is 18.0. The third-order valence-corrected chi connectivity index (χ3v) is 6.57. The first-order valence-corrected chi connectivity index (χ1v) is 11.3. The minimum atomic E-state index is 0.148. The van der Waals surface area contributed by atoms with Crippen LogP contribution in [0.1, 0.15) is 11.3 Å². The zero-order valence-electron chi connectivity index (χ0n) is 17.1. The number of carbonyl (C=O) groups excluding carboxylic acids is 1. The summed E-state index contributed by atoms with van der Waals surface area (Å²) in [6, 6.07) is 14.3. The van der Waals surface area contributed by atoms with Gasteiger partial charge < -0.3 is 4.90 Å². The number of thiazole rings is 1. The Morgan fingerprint density at radius 2 is 1.84 bits per heavy atom. The predicted octanol–water partition coefficient (Wildman–Crippen LogP) is 3.64. The number of para-hydroxylation sites is 1. The summed E-state index contributed by atoms with van der Waals surface area (Å²) in [6.45, 7) is 4.09. The van der Waals surface area contributed by atoms with Crippen LogP contribution >= 0.6 is 11.3 Å². The van der Waals surface area contributed by atoms with Crippen LogP contribution in [0.15, 0.2) is 66.4 Å². The summed E-state index contributed by atoms with van der Waals surface area (Å²) < 4.78 is 0. The van der Waals surface area contributed by atoms with Crippen molar-refractivity contribution < 1.29 is 4.79 Å². The summed E-state index contributed by atoms with van der Waals surface area (Å²) in [5.41, 5.74) is 4.13. The van der Waals surface area contributed by atoms with Crippen LogP contribution in [0.4, 0.5) is 0 Å². The van der Waals surface area contributed by atoms with Gasteiger partial charge in [0.1, 0.15) is 5.01 Å². The molecule has 4 heterocycles. The lowest BCUT2D eigenvalue weighted by Gasteiger charge is -2.34. The van der Waals surface area contributed by atoms with Gasteiger partial charge in [0.15, 0.2) is 0 Å². The molecule has 0 aliphatic carbocycles. The summed E-state index contributed by atoms with van der Waals surface area (Å²) in [5.74, 6) is 0.148. The zero-order chi connectivity index (χ0) is 21.0. The van der Waals surface area contributed by atoms with Crippen molar-refractivity contribution in [1.82, 2.24) is 24.8 Å². The van der Waals surface area contributed by atoms with E-state index >= 15 is 0 Å². The van der Waals surface area contributed by atoms with Gasteiger partial charge in [-0.3, -0.25) is 19.7 Å². The van der Waals surface area contributed by atoms with Crippen LogP contribution in [0.2, 0.25) is 0 Å². The molecular formula is C24H23N5OS. The van der Waals surface area contributed by atoms with Crippen LogP contribution in [0.5, 0.6) is 0 Å². The second-order valence-electron chi connectivity index (χ2n) is 7.71. The number of amides is 1. The monoisotopic (exact) mass is 429 g/mol. The molecule has 0 unspecified atom stereocenters. The first-order chi connectivity index (χ1) is 15.3. The third-order valence-electron chi connectivity index (χ3n) is 5.63. The van der Waals surface area contributed by atoms with Crippen LogP contribution in [-0.2, 0) is 17.8 Å². The SMILES string of the molecule is O=C(Cc1csc(-c2cccnc2)n1)N1CCN(Cc2cccc3cccnc23)CC1. The molecule has 7 heteroatoms. The van der Waals surface area contributed by atoms with Gasteiger partial charge in [0.2, 0.25) is 5.91 Å². The van der Waals surface area contributed by atoms with Gasteiger partial charge in [-0.25, -0.2) is 4.98 Å². The molecule has 4 aromatic rings. The number of hydrogen-bond donors (Lipinski definition) is 0. The molecular weight excluding hydrogens is 406 g/mol. The number of hydrogen-bond acceptors (Lipinski definition) is 6. The predicted molar refractivity (Wildman–Crippen MR) is 123 cm³/mol. The molecule has 1 aromatic carbocycles. The van der Waals surface area contributed by atoms with E-state index in [1.54, 1.807) is 23.7 Å². The Bertz CT molecular complexity index is 1180. The third kappa shape index (κ3) is 4.47. The van der Waals surface area contributed by atoms with E-state index in [1.807, 2.05) is 34.7 Å². The van der Waals surface area contributed by atoms with Crippen molar-refractivity contribution in [3.8, 4) is 10.6 Å². The van der Waals surface area contributed by atoms with Crippen LogP contribution in [0, 0.1) is 0 Å². The topological polar surface area (TPSA) is 62.2 Å². The lowest BCUT2D eigenvalue weighted by molar-refractivity contribution is -0.132. The minimum absolute atomic E-state index is 0.148. The van der Waals surface area contributed by atoms with Crippen molar-refractivity contribution in [2.24, 2.45) is 0 Å². The van der Waals surface area contributed by atoms with Crippen molar-refractivity contribution in [3.05, 3.63) is 77.7 Å². The minimum Gasteiger partial charge on any atom is -0.340 e. The summed E-state index contributed by atoms with van der Waals surface area (Å²) in [5, 5.41) is 4.05. The highest BCUT2D eigenvalue weighted by Gasteiger charge is 2.22. The van der Waals surface area contributed by atoms with E-state index in [0.717, 1.165) is 54.5 Å². The fourth-order valence-electron chi connectivity index (χ4n) is 3.97. The van der Waals surface area contributed by atoms with Gasteiger partial charge in [0.25, 0.3) is 0 Å². The fourth-order valence-corrected chi connectivity index (χ4v) is 4.78. The normalized spacial score (nSPS) is 14.8. The number of nitrogens with zero attached hydrogens (tertiary/aromatic N) is 5. The molecule has 1 aliphatic heterocycles. The van der Waals surface area contributed by atoms with Crippen molar-refractivity contribution in [1.29, 1.82) is 0 Å². The molecule has 0 saturated carbocycles. The highest BCUT2D eigenvalue weighted by Crippen LogP contribution is 2.23. The lowest BCUT2D eigenvalue weighted by Crippen LogP contribution is -2.48. The molecule has 0 radical (unpaired) electrons. The molecule has 0 spiro atoms. The van der Waals surface area contributed by atoms with E-state index in [4.69, 9.17) is 0 Å². The molecule has 0 bridgehead atoms. The molecule has 1 fully saturated rings. The molecule has 3 aromatic heterocycles. The Hall–Kier alpha value is -3.16. The average Bonchev–Trinajstić information content (AvgIpc) is 3.29. The average molecular weight is 430 g/mol. The van der Waals surface area contributed by atoms with E-state index < -0.39 is 0 Å². The van der Waals surface area contributed by atoms with Gasteiger partial charge in [0.05, 0.1) is 17.6 Å². The fraction of sp³-hybridized carbons (Fsp3) is 0.250. The number of rotatable bonds is 5. The maximum Gasteiger partial charge on any atom is 0.228 e. The van der Waals surface area contributed by atoms with Crippen LogP contribution < -0.4 is 0 Å². The van der Waals surface area contributed by atoms with Crippen LogP contribution in [0.3, 0.4) is 0 Å². The Labute approximate surface area is 185 Å². The maximum atomic E-state index is 12.8. The first kappa shape index (κ1) is 19.8. The van der Waals surface area contributed by atoms with Crippen molar-refractivity contribution in [3.63, 3.8) is 0 Å². The second kappa shape index (κ2) is 8.91. The molecule has 156 valence electrons. The summed E-state index contributed by atoms with van der Waals surface area (Å²) >= 11 is 1.56. The Kier molecular flexibility index (Phi) is 5.69. The quantitative estimate of drug-likeness (QED) is 0.485. The highest BCUT2D eigenvalue weighted by molar-refractivity contribution is 7.13. The Morgan fingerprint density at radius 1 is 1.00 bits per heavy atom. The summed E-state index contributed by atoms with van der Waals surface area (Å²) in [7, 11) is 0. The number of pyridine rings is 2. The number of carbonyl (C=O) groups is 1. The van der Waals surface area contributed by atoms with Crippen LogP contribution in [-0.4, -0.2) is 56.8 Å². The van der Waals surface area contributed by atoms with Crippen LogP contribution in [0.25, 0.3) is 21.5 Å². The standard InChI is InChI=1S/C24H23N5OS/c30-22(14-21-17-31-24(27-21)19-7-2-8-25-15-19)29-12-10-28(11-13-29)16-20-5-1-4-18-6-3-9-26-23(18)20/h1-9,15,17H,10-14,16H2. The smallest absolute Gasteiger partial charge is 0.228 e. The summed E-state index contributed by atoms with van der Waals surface area (Å²) in [6.07, 6.45) is 5.75. The molecule has 1 amide bonds. The molecule has 6 nitrogen and oxygen atoms in total. The highest BCUT2D eigenvalue weighted by atomic mass is 32.1. The first-order valence-electron chi connectivity index (χ1n) is 10.4. The van der Waals surface area contributed by atoms with Gasteiger partial charge in [0, 0.05) is 67.6 Å². The summed E-state index contributed by atoms with van der Waals surface area (Å²) in [4.78, 5) is 30.5. The molecule has 5 rings (SSSR count). The van der Waals surface area contributed by atoms with E-state index in [0.29, 0.717) is 6.42 Å². The molecule has 1 aliphatic rings. The molecule has 31 heavy (non-hydrogen) atoms. The molecule has 0 N–H and O–H groups in total. The number of aromatic nitrogens is 3. The van der Waals surface area contributed by atoms with Crippen molar-refractivity contribution >= 4 is 28.1 Å². The molecule has 0 atom stereocenters. The molecule has 1 saturated heterocycles. The van der Waals surface area contributed by atoms with E-state index in [2.05, 4.69) is 44.1 Å². The number of piperazine rings is 1. The Balaban J connectivity index is 1.17. The lowest BCUT2D eigenvalue weighted by atomic mass is 10.1. The van der Waals surface area contributed by atoms with Gasteiger partial charge in [-0.1, -0.05) is 24.3 Å². The Morgan fingerprint density at radius 3 is 2.68 bits per heavy atom. The van der Waals surface area contributed by atoms with E-state index in [1.165, 1.54) is 10.9 Å². The van der Waals surface area contributed by atoms with Gasteiger partial charge in [-0.15, -0.1) is 11.3 Å². The van der Waals surface area contributed by atoms with Gasteiger partial charge in [-0.2, -0.15) is 0 Å². The van der Waals surface area contributed by atoms with Crippen molar-refractivity contribution in [2.75, 3.05) is 26.2 Å². The maximum absolute atomic E-state index is 12.8. The van der Waals surface area contributed by atoms with E-state index in [9.17, 15) is 4.79 Å². The van der Waals surface area contributed by atoms with Crippen molar-refractivity contribution in [2.45, 2.75) is 13.0 Å². The number of benzene rings is 1. The van der Waals surface area contributed by atoms with E-state index in [-0.39, 0.29) is 5.91 Å².